The monoisotopic (exact) mass is 254 g/mol. The van der Waals surface area contributed by atoms with Crippen LogP contribution in [-0.4, -0.2) is 28.7 Å². The molecule has 0 unspecified atom stereocenters. The first-order valence-electron chi connectivity index (χ1n) is 5.93. The Morgan fingerprint density at radius 1 is 1.44 bits per heavy atom. The summed E-state index contributed by atoms with van der Waals surface area (Å²) in [7, 11) is 0. The van der Waals surface area contributed by atoms with Gasteiger partial charge in [0.1, 0.15) is 6.26 Å². The van der Waals surface area contributed by atoms with Crippen LogP contribution in [0.1, 0.15) is 32.4 Å². The van der Waals surface area contributed by atoms with Gasteiger partial charge >= 0.3 is 5.97 Å². The fraction of sp³-hybridized carbons (Fsp3) is 0.583. The molecule has 0 fully saturated rings. The van der Waals surface area contributed by atoms with E-state index in [0.29, 0.717) is 18.5 Å². The Balaban J connectivity index is 2.52. The van der Waals surface area contributed by atoms with Gasteiger partial charge in [0.2, 0.25) is 5.91 Å². The van der Waals surface area contributed by atoms with E-state index in [9.17, 15) is 14.7 Å². The molecule has 0 atom stereocenters. The number of carbonyl (C=O) groups is 2. The van der Waals surface area contributed by atoms with Crippen LogP contribution < -0.4 is 5.32 Å². The third-order valence-electron chi connectivity index (χ3n) is 3.26. The maximum Gasteiger partial charge on any atom is 0.311 e. The highest BCUT2D eigenvalue weighted by Gasteiger charge is 2.35. The van der Waals surface area contributed by atoms with Gasteiger partial charge in [-0.25, -0.2) is 0 Å². The molecule has 0 spiro atoms. The number of rotatable bonds is 7. The first-order chi connectivity index (χ1) is 8.54. The van der Waals surface area contributed by atoms with E-state index in [0.717, 1.165) is 0 Å². The molecule has 0 saturated heterocycles. The molecule has 0 aliphatic carbocycles. The fourth-order valence-electron chi connectivity index (χ4n) is 1.70. The topological polar surface area (TPSA) is 92.4 Å². The second kappa shape index (κ2) is 6.18. The van der Waals surface area contributed by atoms with E-state index < -0.39 is 11.4 Å². The van der Waals surface area contributed by atoms with Crippen molar-refractivity contribution in [3.05, 3.63) is 18.0 Å². The fourth-order valence-corrected chi connectivity index (χ4v) is 1.70. The van der Waals surface area contributed by atoms with Gasteiger partial charge in [0.25, 0.3) is 0 Å². The molecular weight excluding hydrogens is 236 g/mol. The maximum atomic E-state index is 11.6. The highest BCUT2D eigenvalue weighted by atomic mass is 16.5. The molecule has 1 amide bonds. The van der Waals surface area contributed by atoms with Gasteiger partial charge in [0, 0.05) is 12.6 Å². The summed E-state index contributed by atoms with van der Waals surface area (Å²) in [5.41, 5.74) is -0.360. The van der Waals surface area contributed by atoms with Crippen molar-refractivity contribution < 1.29 is 19.2 Å². The second-order valence-corrected chi connectivity index (χ2v) is 4.24. The van der Waals surface area contributed by atoms with Crippen LogP contribution >= 0.6 is 0 Å². The standard InChI is InChI=1S/C12H18N2O4/c1-3-12(4-2,11(16)17)8-13-10(15)7-9-5-6-18-14-9/h5-6H,3-4,7-8H2,1-2H3,(H,13,15)(H,16,17). The smallest absolute Gasteiger partial charge is 0.311 e. The number of aromatic nitrogens is 1. The van der Waals surface area contributed by atoms with Gasteiger partial charge in [0.15, 0.2) is 0 Å². The van der Waals surface area contributed by atoms with Gasteiger partial charge in [-0.05, 0) is 12.8 Å². The zero-order chi connectivity index (χ0) is 13.6. The van der Waals surface area contributed by atoms with Crippen molar-refractivity contribution in [2.24, 2.45) is 5.41 Å². The predicted molar refractivity (Wildman–Crippen MR) is 63.9 cm³/mol. The van der Waals surface area contributed by atoms with Crippen molar-refractivity contribution in [1.82, 2.24) is 10.5 Å². The quantitative estimate of drug-likeness (QED) is 0.763. The van der Waals surface area contributed by atoms with Crippen LogP contribution in [-0.2, 0) is 16.0 Å². The summed E-state index contributed by atoms with van der Waals surface area (Å²) in [5, 5.41) is 15.5. The largest absolute Gasteiger partial charge is 0.481 e. The normalized spacial score (nSPS) is 11.2. The molecule has 6 heteroatoms. The second-order valence-electron chi connectivity index (χ2n) is 4.24. The van der Waals surface area contributed by atoms with Crippen molar-refractivity contribution in [1.29, 1.82) is 0 Å². The van der Waals surface area contributed by atoms with Gasteiger partial charge in [-0.1, -0.05) is 19.0 Å². The minimum atomic E-state index is -0.889. The Hall–Kier alpha value is -1.85. The van der Waals surface area contributed by atoms with Gasteiger partial charge in [0.05, 0.1) is 17.5 Å². The molecule has 1 heterocycles. The summed E-state index contributed by atoms with van der Waals surface area (Å²) < 4.78 is 4.62. The Kier molecular flexibility index (Phi) is 4.88. The van der Waals surface area contributed by atoms with E-state index in [-0.39, 0.29) is 18.9 Å². The summed E-state index contributed by atoms with van der Waals surface area (Å²) in [6, 6.07) is 1.60. The zero-order valence-corrected chi connectivity index (χ0v) is 10.6. The van der Waals surface area contributed by atoms with Gasteiger partial charge in [-0.3, -0.25) is 9.59 Å². The lowest BCUT2D eigenvalue weighted by Crippen LogP contribution is -2.42. The van der Waals surface area contributed by atoms with Gasteiger partial charge in [-0.2, -0.15) is 0 Å². The van der Waals surface area contributed by atoms with Gasteiger partial charge < -0.3 is 14.9 Å². The lowest BCUT2D eigenvalue weighted by Gasteiger charge is -2.26. The highest BCUT2D eigenvalue weighted by molar-refractivity contribution is 5.80. The number of carbonyl (C=O) groups excluding carboxylic acids is 1. The SMILES string of the molecule is CCC(CC)(CNC(=O)Cc1ccon1)C(=O)O. The number of hydrogen-bond donors (Lipinski definition) is 2. The van der Waals surface area contributed by atoms with Crippen LogP contribution in [0.5, 0.6) is 0 Å². The number of hydrogen-bond acceptors (Lipinski definition) is 4. The number of aliphatic carboxylic acids is 1. The van der Waals surface area contributed by atoms with Crippen LogP contribution in [0.4, 0.5) is 0 Å². The molecule has 0 aliphatic rings. The van der Waals surface area contributed by atoms with Crippen LogP contribution in [0.2, 0.25) is 0 Å². The van der Waals surface area contributed by atoms with E-state index in [1.807, 2.05) is 0 Å². The van der Waals surface area contributed by atoms with Crippen molar-refractivity contribution in [2.75, 3.05) is 6.54 Å². The Bertz CT molecular complexity index is 396. The number of nitrogens with one attached hydrogen (secondary N) is 1. The molecule has 1 aromatic rings. The van der Waals surface area contributed by atoms with Gasteiger partial charge in [-0.15, -0.1) is 0 Å². The molecule has 0 saturated carbocycles. The van der Waals surface area contributed by atoms with Crippen molar-refractivity contribution in [2.45, 2.75) is 33.1 Å². The van der Waals surface area contributed by atoms with Crippen LogP contribution in [0, 0.1) is 5.41 Å². The molecule has 0 aromatic carbocycles. The summed E-state index contributed by atoms with van der Waals surface area (Å²) >= 11 is 0. The van der Waals surface area contributed by atoms with Crippen LogP contribution in [0.15, 0.2) is 16.9 Å². The van der Waals surface area contributed by atoms with Crippen molar-refractivity contribution >= 4 is 11.9 Å². The maximum absolute atomic E-state index is 11.6. The average molecular weight is 254 g/mol. The Labute approximate surface area is 105 Å². The van der Waals surface area contributed by atoms with E-state index in [2.05, 4.69) is 15.0 Å². The molecule has 100 valence electrons. The molecule has 18 heavy (non-hydrogen) atoms. The van der Waals surface area contributed by atoms with Crippen LogP contribution in [0.3, 0.4) is 0 Å². The molecular formula is C12H18N2O4. The van der Waals surface area contributed by atoms with Crippen LogP contribution in [0.25, 0.3) is 0 Å². The number of carboxylic acids is 1. The minimum absolute atomic E-state index is 0.0969. The van der Waals surface area contributed by atoms with E-state index >= 15 is 0 Å². The molecule has 0 bridgehead atoms. The summed E-state index contributed by atoms with van der Waals surface area (Å²) in [6.07, 6.45) is 2.44. The zero-order valence-electron chi connectivity index (χ0n) is 10.6. The molecule has 2 N–H and O–H groups in total. The van der Waals surface area contributed by atoms with E-state index in [1.54, 1.807) is 19.9 Å². The lowest BCUT2D eigenvalue weighted by atomic mass is 9.82. The van der Waals surface area contributed by atoms with Crippen molar-refractivity contribution in [3.63, 3.8) is 0 Å². The summed E-state index contributed by atoms with van der Waals surface area (Å²) in [6.45, 7) is 3.74. The minimum Gasteiger partial charge on any atom is -0.481 e. The molecule has 0 aliphatic heterocycles. The summed E-state index contributed by atoms with van der Waals surface area (Å²) in [4.78, 5) is 22.9. The number of amides is 1. The lowest BCUT2D eigenvalue weighted by molar-refractivity contribution is -0.149. The first-order valence-corrected chi connectivity index (χ1v) is 5.93. The third-order valence-corrected chi connectivity index (χ3v) is 3.26. The molecule has 0 radical (unpaired) electrons. The summed E-state index contributed by atoms with van der Waals surface area (Å²) in [5.74, 6) is -1.13. The average Bonchev–Trinajstić information content (AvgIpc) is 2.83. The number of nitrogens with zero attached hydrogens (tertiary/aromatic N) is 1. The molecule has 1 aromatic heterocycles. The van der Waals surface area contributed by atoms with Crippen molar-refractivity contribution in [3.8, 4) is 0 Å². The Morgan fingerprint density at radius 2 is 2.11 bits per heavy atom. The molecule has 6 nitrogen and oxygen atoms in total. The predicted octanol–water partition coefficient (Wildman–Crippen LogP) is 1.22. The third kappa shape index (κ3) is 3.32. The Morgan fingerprint density at radius 3 is 2.56 bits per heavy atom. The first kappa shape index (κ1) is 14.2. The molecule has 1 rings (SSSR count). The highest BCUT2D eigenvalue weighted by Crippen LogP contribution is 2.25. The number of carboxylic acid groups (broad SMARTS) is 1. The van der Waals surface area contributed by atoms with E-state index in [1.165, 1.54) is 6.26 Å². The van der Waals surface area contributed by atoms with E-state index in [4.69, 9.17) is 0 Å².